The van der Waals surface area contributed by atoms with Crippen LogP contribution in [0.4, 0.5) is 5.95 Å². The van der Waals surface area contributed by atoms with Crippen molar-refractivity contribution in [2.45, 2.75) is 19.9 Å². The molecule has 1 aliphatic heterocycles. The molecule has 0 aromatic carbocycles. The van der Waals surface area contributed by atoms with E-state index in [9.17, 15) is 4.79 Å². The Labute approximate surface area is 122 Å². The van der Waals surface area contributed by atoms with E-state index in [-0.39, 0.29) is 5.91 Å². The topological polar surface area (TPSA) is 86.3 Å². The Morgan fingerprint density at radius 1 is 1.43 bits per heavy atom. The van der Waals surface area contributed by atoms with Gasteiger partial charge < -0.3 is 15.4 Å². The van der Waals surface area contributed by atoms with E-state index in [4.69, 9.17) is 10.5 Å². The molecule has 21 heavy (non-hydrogen) atoms. The van der Waals surface area contributed by atoms with Crippen LogP contribution < -0.4 is 5.73 Å². The highest BCUT2D eigenvalue weighted by molar-refractivity contribution is 5.96. The van der Waals surface area contributed by atoms with E-state index in [1.165, 1.54) is 0 Å². The number of anilines is 1. The molecule has 1 saturated heterocycles. The van der Waals surface area contributed by atoms with Gasteiger partial charge in [-0.2, -0.15) is 0 Å². The number of nitrogens with zero attached hydrogens (tertiary/aromatic N) is 4. The van der Waals surface area contributed by atoms with Crippen molar-refractivity contribution in [3.05, 3.63) is 17.8 Å². The molecule has 0 unspecified atom stereocenters. The predicted octanol–water partition coefficient (Wildman–Crippen LogP) is 0.896. The van der Waals surface area contributed by atoms with Crippen LogP contribution >= 0.6 is 0 Å². The van der Waals surface area contributed by atoms with Gasteiger partial charge in [0, 0.05) is 32.4 Å². The normalized spacial score (nSPS) is 16.1. The minimum absolute atomic E-state index is 0.0282. The van der Waals surface area contributed by atoms with Gasteiger partial charge in [-0.1, -0.05) is 0 Å². The Balaban J connectivity index is 1.91. The van der Waals surface area contributed by atoms with E-state index < -0.39 is 0 Å². The lowest BCUT2D eigenvalue weighted by atomic mass is 10.2. The zero-order valence-electron chi connectivity index (χ0n) is 12.1. The van der Waals surface area contributed by atoms with Crippen LogP contribution in [0.25, 0.3) is 11.2 Å². The lowest BCUT2D eigenvalue weighted by molar-refractivity contribution is 0.0741. The molecule has 1 amide bonds. The summed E-state index contributed by atoms with van der Waals surface area (Å²) in [4.78, 5) is 23.0. The van der Waals surface area contributed by atoms with Gasteiger partial charge in [-0.05, 0) is 19.4 Å². The number of nitrogens with two attached hydrogens (primary N) is 1. The molecule has 7 heteroatoms. The van der Waals surface area contributed by atoms with Crippen LogP contribution in [-0.4, -0.2) is 51.6 Å². The Bertz CT molecular complexity index is 659. The van der Waals surface area contributed by atoms with E-state index in [1.54, 1.807) is 17.2 Å². The van der Waals surface area contributed by atoms with Crippen molar-refractivity contribution < 1.29 is 9.53 Å². The summed E-state index contributed by atoms with van der Waals surface area (Å²) in [7, 11) is 0. The van der Waals surface area contributed by atoms with Crippen molar-refractivity contribution in [1.29, 1.82) is 0 Å². The van der Waals surface area contributed by atoms with E-state index in [1.807, 2.05) is 11.5 Å². The molecule has 0 saturated carbocycles. The van der Waals surface area contributed by atoms with Crippen LogP contribution in [0.1, 0.15) is 23.7 Å². The molecule has 0 bridgehead atoms. The van der Waals surface area contributed by atoms with Crippen LogP contribution in [-0.2, 0) is 11.3 Å². The van der Waals surface area contributed by atoms with Gasteiger partial charge in [-0.3, -0.25) is 9.36 Å². The average Bonchev–Trinajstić information content (AvgIpc) is 2.68. The Kier molecular flexibility index (Phi) is 3.74. The fourth-order valence-corrected chi connectivity index (χ4v) is 2.59. The summed E-state index contributed by atoms with van der Waals surface area (Å²) in [5.74, 6) is 0.396. The second kappa shape index (κ2) is 5.69. The maximum Gasteiger partial charge on any atom is 0.255 e. The van der Waals surface area contributed by atoms with Crippen LogP contribution in [0.2, 0.25) is 0 Å². The monoisotopic (exact) mass is 289 g/mol. The number of fused-ring (bicyclic) bond motifs is 1. The summed E-state index contributed by atoms with van der Waals surface area (Å²) in [5, 5.41) is 0. The van der Waals surface area contributed by atoms with Gasteiger partial charge in [-0.25, -0.2) is 9.97 Å². The summed E-state index contributed by atoms with van der Waals surface area (Å²) in [6.07, 6.45) is 2.46. The largest absolute Gasteiger partial charge is 0.380 e. The van der Waals surface area contributed by atoms with Crippen molar-refractivity contribution in [2.24, 2.45) is 0 Å². The highest BCUT2D eigenvalue weighted by Gasteiger charge is 2.19. The average molecular weight is 289 g/mol. The fourth-order valence-electron chi connectivity index (χ4n) is 2.59. The summed E-state index contributed by atoms with van der Waals surface area (Å²) in [6, 6.07) is 1.76. The van der Waals surface area contributed by atoms with E-state index in [0.717, 1.165) is 6.42 Å². The van der Waals surface area contributed by atoms with Gasteiger partial charge in [0.1, 0.15) is 5.52 Å². The molecule has 2 N–H and O–H groups in total. The van der Waals surface area contributed by atoms with Gasteiger partial charge in [0.25, 0.3) is 5.91 Å². The maximum atomic E-state index is 12.5. The zero-order chi connectivity index (χ0) is 14.8. The fraction of sp³-hybridized carbons (Fsp3) is 0.500. The van der Waals surface area contributed by atoms with Crippen molar-refractivity contribution in [3.8, 4) is 0 Å². The second-order valence-electron chi connectivity index (χ2n) is 5.04. The first-order valence-electron chi connectivity index (χ1n) is 7.19. The minimum atomic E-state index is -0.0282. The summed E-state index contributed by atoms with van der Waals surface area (Å²) < 4.78 is 7.20. The second-order valence-corrected chi connectivity index (χ2v) is 5.04. The SMILES string of the molecule is CCn1c(N)nc2cc(C(=O)N3CCCOCC3)cnc21. The van der Waals surface area contributed by atoms with E-state index in [0.29, 0.717) is 55.5 Å². The molecule has 0 aliphatic carbocycles. The Morgan fingerprint density at radius 3 is 3.10 bits per heavy atom. The third kappa shape index (κ3) is 2.56. The number of imidazole rings is 1. The van der Waals surface area contributed by atoms with Crippen molar-refractivity contribution in [3.63, 3.8) is 0 Å². The lowest BCUT2D eigenvalue weighted by Crippen LogP contribution is -2.33. The molecule has 3 heterocycles. The molecule has 0 radical (unpaired) electrons. The maximum absolute atomic E-state index is 12.5. The third-order valence-electron chi connectivity index (χ3n) is 3.69. The van der Waals surface area contributed by atoms with E-state index in [2.05, 4.69) is 9.97 Å². The van der Waals surface area contributed by atoms with Crippen molar-refractivity contribution in [1.82, 2.24) is 19.4 Å². The number of carbonyl (C=O) groups is 1. The highest BCUT2D eigenvalue weighted by atomic mass is 16.5. The van der Waals surface area contributed by atoms with Crippen LogP contribution in [0.15, 0.2) is 12.3 Å². The molecule has 1 aliphatic rings. The van der Waals surface area contributed by atoms with Crippen molar-refractivity contribution >= 4 is 23.0 Å². The van der Waals surface area contributed by atoms with Gasteiger partial charge in [0.2, 0.25) is 5.95 Å². The molecule has 2 aromatic rings. The summed E-state index contributed by atoms with van der Waals surface area (Å²) >= 11 is 0. The first-order valence-corrected chi connectivity index (χ1v) is 7.19. The zero-order valence-corrected chi connectivity index (χ0v) is 12.1. The van der Waals surface area contributed by atoms with Crippen molar-refractivity contribution in [2.75, 3.05) is 32.0 Å². The quantitative estimate of drug-likeness (QED) is 0.887. The minimum Gasteiger partial charge on any atom is -0.380 e. The molecule has 1 fully saturated rings. The number of hydrogen-bond acceptors (Lipinski definition) is 5. The number of rotatable bonds is 2. The smallest absolute Gasteiger partial charge is 0.255 e. The number of ether oxygens (including phenoxy) is 1. The number of pyridine rings is 1. The molecule has 7 nitrogen and oxygen atoms in total. The van der Waals surface area contributed by atoms with E-state index >= 15 is 0 Å². The number of amides is 1. The molecular formula is C14H19N5O2. The van der Waals surface area contributed by atoms with Gasteiger partial charge in [0.05, 0.1) is 12.2 Å². The highest BCUT2D eigenvalue weighted by Crippen LogP contribution is 2.18. The number of carbonyl (C=O) groups excluding carboxylic acids is 1. The third-order valence-corrected chi connectivity index (χ3v) is 3.69. The van der Waals surface area contributed by atoms with Crippen LogP contribution in [0.3, 0.4) is 0 Å². The Hall–Kier alpha value is -2.15. The van der Waals surface area contributed by atoms with Gasteiger partial charge >= 0.3 is 0 Å². The summed E-state index contributed by atoms with van der Waals surface area (Å²) in [6.45, 7) is 5.30. The molecular weight excluding hydrogens is 270 g/mol. The van der Waals surface area contributed by atoms with Crippen LogP contribution in [0, 0.1) is 0 Å². The van der Waals surface area contributed by atoms with Gasteiger partial charge in [-0.15, -0.1) is 0 Å². The molecule has 0 atom stereocenters. The number of aromatic nitrogens is 3. The molecule has 2 aromatic heterocycles. The lowest BCUT2D eigenvalue weighted by Gasteiger charge is -2.19. The van der Waals surface area contributed by atoms with Crippen LogP contribution in [0.5, 0.6) is 0 Å². The number of nitrogen functional groups attached to an aromatic ring is 1. The standard InChI is InChI=1S/C14H19N5O2/c1-2-19-12-11(17-14(19)15)8-10(9-16-12)13(20)18-4-3-6-21-7-5-18/h8-9H,2-7H2,1H3,(H2,15,17). The first kappa shape index (κ1) is 13.8. The summed E-state index contributed by atoms with van der Waals surface area (Å²) in [5.41, 5.74) is 7.77. The van der Waals surface area contributed by atoms with Gasteiger partial charge in [0.15, 0.2) is 5.65 Å². The molecule has 112 valence electrons. The molecule has 3 rings (SSSR count). The number of aryl methyl sites for hydroxylation is 1. The predicted molar refractivity (Wildman–Crippen MR) is 79.0 cm³/mol. The Morgan fingerprint density at radius 2 is 2.29 bits per heavy atom. The molecule has 0 spiro atoms. The number of hydrogen-bond donors (Lipinski definition) is 1. The first-order chi connectivity index (χ1) is 10.2.